The van der Waals surface area contributed by atoms with Gasteiger partial charge in [0.05, 0.1) is 12.1 Å². The largest absolute Gasteiger partial charge is 0.491 e. The molecule has 1 atom stereocenters. The molecule has 1 N–H and O–H groups in total. The Labute approximate surface area is 170 Å². The number of benzene rings is 1. The number of H-pyrrole nitrogens is 1. The van der Waals surface area contributed by atoms with Gasteiger partial charge in [-0.2, -0.15) is 0 Å². The van der Waals surface area contributed by atoms with Crippen molar-refractivity contribution in [3.8, 4) is 5.75 Å². The maximum Gasteiger partial charge on any atom is 0.248 e. The summed E-state index contributed by atoms with van der Waals surface area (Å²) in [6, 6.07) is 9.51. The SMILES string of the molecule is CC(CCc1nnnn1C1CCCCCCC1)Oc1ccc2[nH]c(=O)ccc2c1. The molecule has 1 unspecified atom stereocenters. The van der Waals surface area contributed by atoms with E-state index in [2.05, 4.69) is 32.1 Å². The third-order valence-corrected chi connectivity index (χ3v) is 5.79. The minimum Gasteiger partial charge on any atom is -0.491 e. The molecule has 7 heteroatoms. The van der Waals surface area contributed by atoms with E-state index in [1.807, 2.05) is 24.3 Å². The number of fused-ring (bicyclic) bond motifs is 1. The van der Waals surface area contributed by atoms with E-state index in [1.165, 1.54) is 51.0 Å². The number of hydrogen-bond donors (Lipinski definition) is 1. The summed E-state index contributed by atoms with van der Waals surface area (Å²) in [6.45, 7) is 2.07. The van der Waals surface area contributed by atoms with E-state index in [1.54, 1.807) is 0 Å². The van der Waals surface area contributed by atoms with E-state index in [0.29, 0.717) is 6.04 Å². The van der Waals surface area contributed by atoms with Gasteiger partial charge in [0, 0.05) is 23.4 Å². The number of aromatic nitrogens is 5. The lowest BCUT2D eigenvalue weighted by Gasteiger charge is -2.21. The molecule has 0 aliphatic heterocycles. The second-order valence-electron chi connectivity index (χ2n) is 8.08. The standard InChI is InChI=1S/C22H29N5O2/c1-16(29-19-11-12-20-17(15-19)10-14-22(28)23-20)9-13-21-24-25-26-27(21)18-7-5-3-2-4-6-8-18/h10-12,14-16,18H,2-9,13H2,1H3,(H,23,28). The third kappa shape index (κ3) is 5.02. The van der Waals surface area contributed by atoms with Crippen molar-refractivity contribution in [2.24, 2.45) is 0 Å². The van der Waals surface area contributed by atoms with Crippen LogP contribution < -0.4 is 10.3 Å². The van der Waals surface area contributed by atoms with Gasteiger partial charge in [0.25, 0.3) is 0 Å². The fourth-order valence-corrected chi connectivity index (χ4v) is 4.17. The van der Waals surface area contributed by atoms with Crippen LogP contribution in [-0.2, 0) is 6.42 Å². The lowest BCUT2D eigenvalue weighted by Crippen LogP contribution is -2.18. The predicted molar refractivity (Wildman–Crippen MR) is 112 cm³/mol. The van der Waals surface area contributed by atoms with Gasteiger partial charge in [0.15, 0.2) is 5.82 Å². The van der Waals surface area contributed by atoms with Gasteiger partial charge in [-0.05, 0) is 60.9 Å². The van der Waals surface area contributed by atoms with Crippen LogP contribution in [0, 0.1) is 0 Å². The van der Waals surface area contributed by atoms with Gasteiger partial charge in [-0.25, -0.2) is 4.68 Å². The number of ether oxygens (including phenoxy) is 1. The van der Waals surface area contributed by atoms with Crippen LogP contribution in [0.25, 0.3) is 10.9 Å². The summed E-state index contributed by atoms with van der Waals surface area (Å²) < 4.78 is 8.16. The molecule has 0 radical (unpaired) electrons. The molecule has 0 saturated heterocycles. The molecule has 2 aromatic heterocycles. The minimum atomic E-state index is -0.0958. The number of aryl methyl sites for hydroxylation is 1. The minimum absolute atomic E-state index is 0.0395. The van der Waals surface area contributed by atoms with Gasteiger partial charge < -0.3 is 9.72 Å². The fourth-order valence-electron chi connectivity index (χ4n) is 4.17. The number of rotatable bonds is 6. The highest BCUT2D eigenvalue weighted by atomic mass is 16.5. The summed E-state index contributed by atoms with van der Waals surface area (Å²) in [5, 5.41) is 13.5. The molecule has 1 aromatic carbocycles. The summed E-state index contributed by atoms with van der Waals surface area (Å²) in [6.07, 6.45) is 10.5. The zero-order chi connectivity index (χ0) is 20.1. The lowest BCUT2D eigenvalue weighted by atomic mass is 9.96. The van der Waals surface area contributed by atoms with Crippen molar-refractivity contribution >= 4 is 10.9 Å². The van der Waals surface area contributed by atoms with Crippen LogP contribution in [0.4, 0.5) is 0 Å². The van der Waals surface area contributed by atoms with Gasteiger partial charge in [0.1, 0.15) is 5.75 Å². The fraction of sp³-hybridized carbons (Fsp3) is 0.545. The van der Waals surface area contributed by atoms with Crippen molar-refractivity contribution in [3.63, 3.8) is 0 Å². The average Bonchev–Trinajstić information content (AvgIpc) is 3.15. The zero-order valence-electron chi connectivity index (χ0n) is 17.0. The summed E-state index contributed by atoms with van der Waals surface area (Å²) >= 11 is 0. The maximum atomic E-state index is 11.4. The van der Waals surface area contributed by atoms with Crippen molar-refractivity contribution in [1.82, 2.24) is 25.2 Å². The molecule has 3 aromatic rings. The molecule has 154 valence electrons. The molecule has 2 heterocycles. The quantitative estimate of drug-likeness (QED) is 0.676. The Kier molecular flexibility index (Phi) is 6.22. The van der Waals surface area contributed by atoms with E-state index < -0.39 is 0 Å². The Morgan fingerprint density at radius 2 is 1.93 bits per heavy atom. The van der Waals surface area contributed by atoms with Gasteiger partial charge in [0.2, 0.25) is 5.56 Å². The number of nitrogens with one attached hydrogen (secondary N) is 1. The Balaban J connectivity index is 1.36. The molecule has 4 rings (SSSR count). The highest BCUT2D eigenvalue weighted by molar-refractivity contribution is 5.79. The van der Waals surface area contributed by atoms with Gasteiger partial charge in [-0.3, -0.25) is 4.79 Å². The Morgan fingerprint density at radius 1 is 1.14 bits per heavy atom. The average molecular weight is 396 g/mol. The number of tetrazole rings is 1. The summed E-state index contributed by atoms with van der Waals surface area (Å²) in [4.78, 5) is 14.2. The first-order valence-corrected chi connectivity index (χ1v) is 10.8. The Bertz CT molecular complexity index is 988. The second kappa shape index (κ2) is 9.20. The topological polar surface area (TPSA) is 85.7 Å². The monoisotopic (exact) mass is 395 g/mol. The van der Waals surface area contributed by atoms with E-state index >= 15 is 0 Å². The molecule has 0 bridgehead atoms. The van der Waals surface area contributed by atoms with Crippen LogP contribution in [-0.4, -0.2) is 31.3 Å². The summed E-state index contributed by atoms with van der Waals surface area (Å²) in [7, 11) is 0. The van der Waals surface area contributed by atoms with Crippen LogP contribution in [0.2, 0.25) is 0 Å². The third-order valence-electron chi connectivity index (χ3n) is 5.79. The van der Waals surface area contributed by atoms with Crippen LogP contribution in [0.5, 0.6) is 5.75 Å². The molecule has 0 amide bonds. The van der Waals surface area contributed by atoms with Crippen LogP contribution in [0.15, 0.2) is 35.1 Å². The summed E-state index contributed by atoms with van der Waals surface area (Å²) in [5.74, 6) is 1.76. The van der Waals surface area contributed by atoms with Crippen molar-refractivity contribution in [2.75, 3.05) is 0 Å². The van der Waals surface area contributed by atoms with Crippen LogP contribution in [0.1, 0.15) is 70.2 Å². The van der Waals surface area contributed by atoms with Crippen LogP contribution >= 0.6 is 0 Å². The number of nitrogens with zero attached hydrogens (tertiary/aromatic N) is 4. The van der Waals surface area contributed by atoms with E-state index in [-0.39, 0.29) is 11.7 Å². The highest BCUT2D eigenvalue weighted by Crippen LogP contribution is 2.27. The first-order chi connectivity index (χ1) is 14.2. The number of pyridine rings is 1. The molecule has 7 nitrogen and oxygen atoms in total. The van der Waals surface area contributed by atoms with Crippen molar-refractivity contribution in [1.29, 1.82) is 0 Å². The molecule has 29 heavy (non-hydrogen) atoms. The molecular formula is C22H29N5O2. The summed E-state index contributed by atoms with van der Waals surface area (Å²) in [5.41, 5.74) is 0.720. The van der Waals surface area contributed by atoms with Crippen molar-refractivity contribution in [3.05, 3.63) is 46.5 Å². The lowest BCUT2D eigenvalue weighted by molar-refractivity contribution is 0.209. The molecular weight excluding hydrogens is 366 g/mol. The van der Waals surface area contributed by atoms with Crippen molar-refractivity contribution < 1.29 is 4.74 Å². The zero-order valence-corrected chi connectivity index (χ0v) is 17.0. The molecule has 1 saturated carbocycles. The number of aromatic amines is 1. The van der Waals surface area contributed by atoms with Gasteiger partial charge >= 0.3 is 0 Å². The smallest absolute Gasteiger partial charge is 0.248 e. The van der Waals surface area contributed by atoms with E-state index in [4.69, 9.17) is 4.74 Å². The maximum absolute atomic E-state index is 11.4. The van der Waals surface area contributed by atoms with Gasteiger partial charge in [-0.15, -0.1) is 5.10 Å². The Hall–Kier alpha value is -2.70. The first-order valence-electron chi connectivity index (χ1n) is 10.8. The van der Waals surface area contributed by atoms with E-state index in [0.717, 1.165) is 35.3 Å². The van der Waals surface area contributed by atoms with Gasteiger partial charge in [-0.1, -0.05) is 32.1 Å². The molecule has 1 aliphatic carbocycles. The predicted octanol–water partition coefficient (Wildman–Crippen LogP) is 4.20. The molecule has 1 fully saturated rings. The van der Waals surface area contributed by atoms with E-state index in [9.17, 15) is 4.79 Å². The van der Waals surface area contributed by atoms with Crippen LogP contribution in [0.3, 0.4) is 0 Å². The Morgan fingerprint density at radius 3 is 2.76 bits per heavy atom. The molecule has 0 spiro atoms. The molecule has 1 aliphatic rings. The first kappa shape index (κ1) is 19.6. The highest BCUT2D eigenvalue weighted by Gasteiger charge is 2.19. The van der Waals surface area contributed by atoms with Crippen molar-refractivity contribution in [2.45, 2.75) is 76.9 Å². The normalized spacial score (nSPS) is 17.0. The number of hydrogen-bond acceptors (Lipinski definition) is 5. The second-order valence-corrected chi connectivity index (χ2v) is 8.08.